The Labute approximate surface area is 67.9 Å². The van der Waals surface area contributed by atoms with Crippen LogP contribution in [-0.2, 0) is 0 Å². The number of pyridine rings is 1. The van der Waals surface area contributed by atoms with E-state index in [2.05, 4.69) is 9.97 Å². The molecule has 0 radical (unpaired) electrons. The van der Waals surface area contributed by atoms with Gasteiger partial charge in [-0.2, -0.15) is 4.98 Å². The minimum Gasteiger partial charge on any atom is -0.408 e. The molecule has 0 saturated heterocycles. The van der Waals surface area contributed by atoms with Gasteiger partial charge in [0.2, 0.25) is 0 Å². The average molecular weight is 162 g/mol. The quantitative estimate of drug-likeness (QED) is 0.577. The molecule has 4 nitrogen and oxygen atoms in total. The summed E-state index contributed by atoms with van der Waals surface area (Å²) in [7, 11) is 0. The first-order chi connectivity index (χ1) is 5.77. The molecule has 60 valence electrons. The van der Waals surface area contributed by atoms with Gasteiger partial charge in [0.05, 0.1) is 0 Å². The lowest BCUT2D eigenvalue weighted by molar-refractivity contribution is 0.466. The van der Waals surface area contributed by atoms with Crippen LogP contribution >= 0.6 is 0 Å². The SMILES string of the molecule is Cc1nc2ncccc2c(=O)o1. The van der Waals surface area contributed by atoms with Gasteiger partial charge in [-0.1, -0.05) is 0 Å². The second-order valence-corrected chi connectivity index (χ2v) is 2.39. The van der Waals surface area contributed by atoms with Crippen molar-refractivity contribution >= 4 is 11.0 Å². The van der Waals surface area contributed by atoms with E-state index in [1.54, 1.807) is 25.3 Å². The number of hydrogen-bond donors (Lipinski definition) is 0. The van der Waals surface area contributed by atoms with Crippen LogP contribution in [0.15, 0.2) is 27.5 Å². The van der Waals surface area contributed by atoms with Gasteiger partial charge in [-0.25, -0.2) is 9.78 Å². The highest BCUT2D eigenvalue weighted by Crippen LogP contribution is 2.02. The molecule has 4 heteroatoms. The van der Waals surface area contributed by atoms with Crippen LogP contribution in [0.1, 0.15) is 5.89 Å². The molecule has 0 fully saturated rings. The van der Waals surface area contributed by atoms with Crippen LogP contribution in [-0.4, -0.2) is 9.97 Å². The molecule has 0 amide bonds. The molecule has 2 aromatic heterocycles. The lowest BCUT2D eigenvalue weighted by atomic mass is 10.3. The van der Waals surface area contributed by atoms with Crippen molar-refractivity contribution in [3.8, 4) is 0 Å². The average Bonchev–Trinajstić information content (AvgIpc) is 2.04. The van der Waals surface area contributed by atoms with E-state index in [0.29, 0.717) is 16.9 Å². The third-order valence-corrected chi connectivity index (χ3v) is 1.51. The third kappa shape index (κ3) is 0.972. The van der Waals surface area contributed by atoms with E-state index < -0.39 is 0 Å². The van der Waals surface area contributed by atoms with Crippen molar-refractivity contribution in [2.24, 2.45) is 0 Å². The minimum absolute atomic E-state index is 0.339. The molecule has 2 rings (SSSR count). The monoisotopic (exact) mass is 162 g/mol. The Kier molecular flexibility index (Phi) is 1.40. The zero-order chi connectivity index (χ0) is 8.55. The predicted octanol–water partition coefficient (Wildman–Crippen LogP) is 0.891. The molecule has 0 saturated carbocycles. The summed E-state index contributed by atoms with van der Waals surface area (Å²) >= 11 is 0. The summed E-state index contributed by atoms with van der Waals surface area (Å²) in [4.78, 5) is 19.0. The molecule has 0 aliphatic rings. The van der Waals surface area contributed by atoms with Gasteiger partial charge >= 0.3 is 5.63 Å². The zero-order valence-electron chi connectivity index (χ0n) is 6.44. The highest BCUT2D eigenvalue weighted by Gasteiger charge is 2.01. The summed E-state index contributed by atoms with van der Waals surface area (Å²) in [5, 5.41) is 0.420. The van der Waals surface area contributed by atoms with Gasteiger partial charge in [-0.15, -0.1) is 0 Å². The van der Waals surface area contributed by atoms with Crippen molar-refractivity contribution in [2.75, 3.05) is 0 Å². The number of rotatable bonds is 0. The Hall–Kier alpha value is -1.71. The van der Waals surface area contributed by atoms with Crippen LogP contribution in [0.25, 0.3) is 11.0 Å². The molecule has 0 aromatic carbocycles. The Bertz CT molecular complexity index is 476. The highest BCUT2D eigenvalue weighted by atomic mass is 16.4. The minimum atomic E-state index is -0.384. The van der Waals surface area contributed by atoms with Crippen LogP contribution in [0.4, 0.5) is 0 Å². The van der Waals surface area contributed by atoms with Gasteiger partial charge < -0.3 is 4.42 Å². The largest absolute Gasteiger partial charge is 0.408 e. The third-order valence-electron chi connectivity index (χ3n) is 1.51. The van der Waals surface area contributed by atoms with Gasteiger partial charge in [0, 0.05) is 13.1 Å². The summed E-state index contributed by atoms with van der Waals surface area (Å²) in [5.74, 6) is 0.339. The van der Waals surface area contributed by atoms with Gasteiger partial charge in [0.1, 0.15) is 5.39 Å². The maximum Gasteiger partial charge on any atom is 0.348 e. The lowest BCUT2D eigenvalue weighted by Crippen LogP contribution is -2.03. The standard InChI is InChI=1S/C8H6N2O2/c1-5-10-7-6(8(11)12-5)3-2-4-9-7/h2-4H,1H3. The Balaban J connectivity index is 2.99. The molecule has 0 atom stereocenters. The van der Waals surface area contributed by atoms with Crippen molar-refractivity contribution in [3.05, 3.63) is 34.6 Å². The fourth-order valence-corrected chi connectivity index (χ4v) is 1.01. The van der Waals surface area contributed by atoms with E-state index in [1.165, 1.54) is 0 Å². The second kappa shape index (κ2) is 2.41. The molecule has 0 unspecified atom stereocenters. The van der Waals surface area contributed by atoms with Gasteiger partial charge in [0.25, 0.3) is 0 Å². The number of fused-ring (bicyclic) bond motifs is 1. The predicted molar refractivity (Wildman–Crippen MR) is 42.8 cm³/mol. The van der Waals surface area contributed by atoms with Gasteiger partial charge in [0.15, 0.2) is 11.5 Å². The molecule has 2 aromatic rings. The van der Waals surface area contributed by atoms with Crippen LogP contribution in [0.3, 0.4) is 0 Å². The van der Waals surface area contributed by atoms with E-state index in [0.717, 1.165) is 0 Å². The zero-order valence-corrected chi connectivity index (χ0v) is 6.44. The van der Waals surface area contributed by atoms with Crippen LogP contribution in [0, 0.1) is 6.92 Å². The van der Waals surface area contributed by atoms with Crippen molar-refractivity contribution in [1.82, 2.24) is 9.97 Å². The normalized spacial score (nSPS) is 10.4. The molecule has 0 aliphatic carbocycles. The lowest BCUT2D eigenvalue weighted by Gasteiger charge is -1.93. The van der Waals surface area contributed by atoms with Gasteiger partial charge in [-0.3, -0.25) is 0 Å². The molecule has 12 heavy (non-hydrogen) atoms. The maximum absolute atomic E-state index is 11.2. The summed E-state index contributed by atoms with van der Waals surface area (Å²) in [5.41, 5.74) is 0.0526. The first-order valence-electron chi connectivity index (χ1n) is 3.50. The Morgan fingerprint density at radius 1 is 1.50 bits per heavy atom. The number of nitrogens with zero attached hydrogens (tertiary/aromatic N) is 2. The first kappa shape index (κ1) is 6.97. The summed E-state index contributed by atoms with van der Waals surface area (Å²) in [6.45, 7) is 1.62. The topological polar surface area (TPSA) is 56.0 Å². The van der Waals surface area contributed by atoms with E-state index in [9.17, 15) is 4.79 Å². The van der Waals surface area contributed by atoms with Crippen molar-refractivity contribution in [2.45, 2.75) is 6.92 Å². The fraction of sp³-hybridized carbons (Fsp3) is 0.125. The summed E-state index contributed by atoms with van der Waals surface area (Å²) in [6.07, 6.45) is 1.59. The van der Waals surface area contributed by atoms with Crippen LogP contribution < -0.4 is 5.63 Å². The van der Waals surface area contributed by atoms with E-state index in [4.69, 9.17) is 4.42 Å². The fourth-order valence-electron chi connectivity index (χ4n) is 1.01. The molecule has 0 spiro atoms. The molecular weight excluding hydrogens is 156 g/mol. The number of aryl methyl sites for hydroxylation is 1. The number of aromatic nitrogens is 2. The van der Waals surface area contributed by atoms with Crippen molar-refractivity contribution < 1.29 is 4.42 Å². The highest BCUT2D eigenvalue weighted by molar-refractivity contribution is 5.71. The van der Waals surface area contributed by atoms with Crippen molar-refractivity contribution in [1.29, 1.82) is 0 Å². The summed E-state index contributed by atoms with van der Waals surface area (Å²) in [6, 6.07) is 3.32. The molecule has 0 bridgehead atoms. The first-order valence-corrected chi connectivity index (χ1v) is 3.50. The Morgan fingerprint density at radius 2 is 2.33 bits per heavy atom. The molecular formula is C8H6N2O2. The van der Waals surface area contributed by atoms with E-state index >= 15 is 0 Å². The van der Waals surface area contributed by atoms with E-state index in [-0.39, 0.29) is 5.63 Å². The molecule has 0 N–H and O–H groups in total. The van der Waals surface area contributed by atoms with Gasteiger partial charge in [-0.05, 0) is 12.1 Å². The summed E-state index contributed by atoms with van der Waals surface area (Å²) < 4.78 is 4.78. The second-order valence-electron chi connectivity index (χ2n) is 2.39. The molecule has 2 heterocycles. The molecule has 0 aliphatic heterocycles. The van der Waals surface area contributed by atoms with E-state index in [1.807, 2.05) is 0 Å². The van der Waals surface area contributed by atoms with Crippen LogP contribution in [0.2, 0.25) is 0 Å². The number of hydrogen-bond acceptors (Lipinski definition) is 4. The maximum atomic E-state index is 11.2. The van der Waals surface area contributed by atoms with Crippen molar-refractivity contribution in [3.63, 3.8) is 0 Å². The van der Waals surface area contributed by atoms with Crippen LogP contribution in [0.5, 0.6) is 0 Å². The smallest absolute Gasteiger partial charge is 0.348 e. The Morgan fingerprint density at radius 3 is 3.17 bits per heavy atom.